The van der Waals surface area contributed by atoms with Crippen molar-refractivity contribution >= 4 is 36.5 Å². The van der Waals surface area contributed by atoms with Gasteiger partial charge >= 0.3 is 0 Å². The Balaban J connectivity index is 0.00000200. The van der Waals surface area contributed by atoms with E-state index in [1.807, 2.05) is 31.9 Å². The first kappa shape index (κ1) is 20.0. The van der Waals surface area contributed by atoms with Gasteiger partial charge in [-0.05, 0) is 38.9 Å². The van der Waals surface area contributed by atoms with Gasteiger partial charge in [-0.2, -0.15) is 0 Å². The minimum Gasteiger partial charge on any atom is -0.367 e. The number of pyridine rings is 1. The number of aromatic nitrogens is 1. The Morgan fingerprint density at radius 2 is 2.19 bits per heavy atom. The molecule has 1 atom stereocenters. The maximum Gasteiger partial charge on any atom is 0.257 e. The van der Waals surface area contributed by atoms with Gasteiger partial charge in [0.15, 0.2) is 0 Å². The number of amides is 1. The quantitative estimate of drug-likeness (QED) is 0.886. The summed E-state index contributed by atoms with van der Waals surface area (Å²) in [7, 11) is 1.87. The van der Waals surface area contributed by atoms with Crippen LogP contribution < -0.4 is 10.6 Å². The summed E-state index contributed by atoms with van der Waals surface area (Å²) in [5.74, 6) is 0.699. The third kappa shape index (κ3) is 5.02. The molecule has 1 unspecified atom stereocenters. The molecule has 2 rings (SSSR count). The lowest BCUT2D eigenvalue weighted by molar-refractivity contribution is 0.0744. The van der Waals surface area contributed by atoms with Crippen LogP contribution in [0, 0.1) is 0 Å². The predicted molar refractivity (Wildman–Crippen MR) is 90.9 cm³/mol. The molecule has 1 amide bonds. The minimum atomic E-state index is 0. The summed E-state index contributed by atoms with van der Waals surface area (Å²) in [5.41, 5.74) is 0.644. The number of hydrogen-bond acceptors (Lipinski definition) is 4. The topological polar surface area (TPSA) is 57.3 Å². The molecule has 0 bridgehead atoms. The molecule has 1 aromatic rings. The summed E-state index contributed by atoms with van der Waals surface area (Å²) in [6, 6.07) is 4.16. The van der Waals surface area contributed by atoms with E-state index >= 15 is 0 Å². The zero-order valence-corrected chi connectivity index (χ0v) is 14.3. The summed E-state index contributed by atoms with van der Waals surface area (Å²) in [5, 5.41) is 6.51. The molecule has 1 saturated heterocycles. The van der Waals surface area contributed by atoms with Crippen molar-refractivity contribution in [2.24, 2.45) is 0 Å². The second-order valence-electron chi connectivity index (χ2n) is 5.26. The summed E-state index contributed by atoms with van der Waals surface area (Å²) < 4.78 is 0. The third-order valence-electron chi connectivity index (χ3n) is 3.37. The molecular formula is C14H24Cl2N4O. The van der Waals surface area contributed by atoms with Crippen molar-refractivity contribution in [1.82, 2.24) is 15.2 Å². The molecule has 1 aromatic heterocycles. The highest BCUT2D eigenvalue weighted by Gasteiger charge is 2.25. The van der Waals surface area contributed by atoms with Crippen LogP contribution in [-0.2, 0) is 0 Å². The number of nitrogens with zero attached hydrogens (tertiary/aromatic N) is 2. The van der Waals surface area contributed by atoms with Gasteiger partial charge in [-0.15, -0.1) is 24.8 Å². The number of likely N-dealkylation sites (N-methyl/N-ethyl adjacent to an activating group) is 1. The van der Waals surface area contributed by atoms with Crippen LogP contribution in [0.2, 0.25) is 0 Å². The minimum absolute atomic E-state index is 0. The monoisotopic (exact) mass is 334 g/mol. The second-order valence-corrected chi connectivity index (χ2v) is 5.26. The number of carbonyl (C=O) groups excluding carboxylic acids is 1. The fourth-order valence-electron chi connectivity index (χ4n) is 2.29. The van der Waals surface area contributed by atoms with E-state index in [0.717, 1.165) is 19.5 Å². The average molecular weight is 335 g/mol. The first-order valence-corrected chi connectivity index (χ1v) is 6.79. The number of carbonyl (C=O) groups is 1. The van der Waals surface area contributed by atoms with E-state index in [1.54, 1.807) is 12.3 Å². The van der Waals surface area contributed by atoms with Crippen molar-refractivity contribution in [3.63, 3.8) is 0 Å². The van der Waals surface area contributed by atoms with Crippen LogP contribution in [0.3, 0.4) is 0 Å². The smallest absolute Gasteiger partial charge is 0.257 e. The largest absolute Gasteiger partial charge is 0.367 e. The molecule has 0 radical (unpaired) electrons. The molecular weight excluding hydrogens is 311 g/mol. The van der Waals surface area contributed by atoms with Gasteiger partial charge in [0.05, 0.1) is 5.56 Å². The average Bonchev–Trinajstić information content (AvgIpc) is 2.91. The van der Waals surface area contributed by atoms with Crippen molar-refractivity contribution < 1.29 is 4.79 Å². The molecule has 120 valence electrons. The highest BCUT2D eigenvalue weighted by atomic mass is 35.5. The third-order valence-corrected chi connectivity index (χ3v) is 3.37. The number of halogens is 2. The maximum atomic E-state index is 12.6. The number of rotatable bonds is 4. The van der Waals surface area contributed by atoms with Gasteiger partial charge in [0.2, 0.25) is 0 Å². The Morgan fingerprint density at radius 1 is 1.48 bits per heavy atom. The number of anilines is 1. The van der Waals surface area contributed by atoms with Crippen LogP contribution in [0.1, 0.15) is 30.6 Å². The Hall–Kier alpha value is -1.04. The van der Waals surface area contributed by atoms with Crippen LogP contribution in [0.5, 0.6) is 0 Å². The molecule has 1 aliphatic rings. The highest BCUT2D eigenvalue weighted by Crippen LogP contribution is 2.17. The van der Waals surface area contributed by atoms with Gasteiger partial charge < -0.3 is 15.5 Å². The van der Waals surface area contributed by atoms with E-state index < -0.39 is 0 Å². The Bertz CT molecular complexity index is 450. The van der Waals surface area contributed by atoms with Crippen molar-refractivity contribution in [3.05, 3.63) is 23.9 Å². The molecule has 0 aromatic carbocycles. The maximum absolute atomic E-state index is 12.6. The summed E-state index contributed by atoms with van der Waals surface area (Å²) >= 11 is 0. The first-order valence-electron chi connectivity index (χ1n) is 6.79. The van der Waals surface area contributed by atoms with Gasteiger partial charge in [-0.3, -0.25) is 4.79 Å². The number of nitrogens with one attached hydrogen (secondary N) is 2. The van der Waals surface area contributed by atoms with E-state index in [0.29, 0.717) is 11.4 Å². The van der Waals surface area contributed by atoms with Crippen LogP contribution in [0.4, 0.5) is 5.82 Å². The lowest BCUT2D eigenvalue weighted by Crippen LogP contribution is -2.38. The molecule has 0 saturated carbocycles. The van der Waals surface area contributed by atoms with Gasteiger partial charge in [-0.25, -0.2) is 4.98 Å². The summed E-state index contributed by atoms with van der Waals surface area (Å²) in [4.78, 5) is 18.6. The Kier molecular flexibility index (Phi) is 8.63. The van der Waals surface area contributed by atoms with Crippen LogP contribution in [0.25, 0.3) is 0 Å². The molecule has 1 fully saturated rings. The Morgan fingerprint density at radius 3 is 2.76 bits per heavy atom. The van der Waals surface area contributed by atoms with Crippen molar-refractivity contribution in [2.45, 2.75) is 32.4 Å². The van der Waals surface area contributed by atoms with E-state index in [-0.39, 0.29) is 42.8 Å². The fraction of sp³-hybridized carbons (Fsp3) is 0.571. The van der Waals surface area contributed by atoms with Crippen LogP contribution in [-0.4, -0.2) is 48.0 Å². The lowest BCUT2D eigenvalue weighted by Gasteiger charge is -2.25. The van der Waals surface area contributed by atoms with Gasteiger partial charge in [0.25, 0.3) is 5.91 Å². The van der Waals surface area contributed by atoms with E-state index in [9.17, 15) is 4.79 Å². The van der Waals surface area contributed by atoms with Crippen molar-refractivity contribution in [3.8, 4) is 0 Å². The van der Waals surface area contributed by atoms with Crippen LogP contribution in [0.15, 0.2) is 18.3 Å². The molecule has 1 aliphatic heterocycles. The predicted octanol–water partition coefficient (Wildman–Crippen LogP) is 2.18. The molecule has 7 heteroatoms. The van der Waals surface area contributed by atoms with Gasteiger partial charge in [-0.1, -0.05) is 0 Å². The molecule has 2 heterocycles. The lowest BCUT2D eigenvalue weighted by atomic mass is 10.1. The van der Waals surface area contributed by atoms with E-state index in [2.05, 4.69) is 15.6 Å². The standard InChI is InChI=1S/C14H22N4O.2ClH/c1-10(2)17-13-12(5-4-7-16-13)14(19)18(3)11-6-8-15-9-11;;/h4-5,7,10-11,15H,6,8-9H2,1-3H3,(H,16,17);2*1H. The first-order chi connectivity index (χ1) is 9.09. The normalized spacial score (nSPS) is 16.9. The fourth-order valence-corrected chi connectivity index (χ4v) is 2.29. The molecule has 0 aliphatic carbocycles. The zero-order chi connectivity index (χ0) is 13.8. The molecule has 2 N–H and O–H groups in total. The van der Waals surface area contributed by atoms with Crippen molar-refractivity contribution in [1.29, 1.82) is 0 Å². The second kappa shape index (κ2) is 9.07. The van der Waals surface area contributed by atoms with E-state index in [1.165, 1.54) is 0 Å². The SMILES string of the molecule is CC(C)Nc1ncccc1C(=O)N(C)C1CCNC1.Cl.Cl. The summed E-state index contributed by atoms with van der Waals surface area (Å²) in [6.45, 7) is 5.92. The highest BCUT2D eigenvalue weighted by molar-refractivity contribution is 5.98. The zero-order valence-electron chi connectivity index (χ0n) is 12.6. The van der Waals surface area contributed by atoms with Gasteiger partial charge in [0.1, 0.15) is 5.82 Å². The van der Waals surface area contributed by atoms with Crippen LogP contribution >= 0.6 is 24.8 Å². The number of hydrogen-bond donors (Lipinski definition) is 2. The van der Waals surface area contributed by atoms with Crippen molar-refractivity contribution in [2.75, 3.05) is 25.5 Å². The Labute approximate surface area is 138 Å². The van der Waals surface area contributed by atoms with Gasteiger partial charge in [0, 0.05) is 31.9 Å². The van der Waals surface area contributed by atoms with E-state index in [4.69, 9.17) is 0 Å². The molecule has 21 heavy (non-hydrogen) atoms. The molecule has 5 nitrogen and oxygen atoms in total. The molecule has 0 spiro atoms. The summed E-state index contributed by atoms with van der Waals surface area (Å²) in [6.07, 6.45) is 2.72.